The van der Waals surface area contributed by atoms with Gasteiger partial charge in [0.25, 0.3) is 0 Å². The van der Waals surface area contributed by atoms with Crippen LogP contribution >= 0.6 is 24.0 Å². The number of aryl methyl sites for hydroxylation is 1. The van der Waals surface area contributed by atoms with Crippen LogP contribution in [0.5, 0.6) is 5.75 Å². The summed E-state index contributed by atoms with van der Waals surface area (Å²) in [5, 5.41) is 11.6. The molecule has 2 aromatic carbocycles. The van der Waals surface area contributed by atoms with Crippen LogP contribution in [0.4, 0.5) is 4.39 Å². The van der Waals surface area contributed by atoms with Gasteiger partial charge in [-0.3, -0.25) is 0 Å². The number of methoxy groups -OCH3 is 1. The molecule has 0 saturated heterocycles. The summed E-state index contributed by atoms with van der Waals surface area (Å²) in [4.78, 5) is 6.71. The molecule has 0 saturated carbocycles. The first-order valence-electron chi connectivity index (χ1n) is 9.68. The lowest BCUT2D eigenvalue weighted by Gasteiger charge is -2.23. The van der Waals surface area contributed by atoms with Gasteiger partial charge >= 0.3 is 0 Å². The Kier molecular flexibility index (Phi) is 9.22. The molecule has 3 rings (SSSR count). The predicted molar refractivity (Wildman–Crippen MR) is 130 cm³/mol. The zero-order valence-electron chi connectivity index (χ0n) is 18.2. The molecule has 31 heavy (non-hydrogen) atoms. The van der Waals surface area contributed by atoms with Gasteiger partial charge in [-0.2, -0.15) is 0 Å². The number of nitrogens with zero attached hydrogens (tertiary/aromatic N) is 5. The second-order valence-corrected chi connectivity index (χ2v) is 7.03. The van der Waals surface area contributed by atoms with Crippen LogP contribution < -0.4 is 10.1 Å². The highest BCUT2D eigenvalue weighted by Crippen LogP contribution is 2.18. The predicted octanol–water partition coefficient (Wildman–Crippen LogP) is 3.67. The Morgan fingerprint density at radius 3 is 2.52 bits per heavy atom. The Balaban J connectivity index is 0.00000341. The van der Waals surface area contributed by atoms with E-state index in [1.165, 1.54) is 13.2 Å². The molecule has 0 bridgehead atoms. The van der Waals surface area contributed by atoms with Crippen molar-refractivity contribution in [1.29, 1.82) is 0 Å². The number of hydrogen-bond donors (Lipinski definition) is 1. The second kappa shape index (κ2) is 11.6. The van der Waals surface area contributed by atoms with Gasteiger partial charge in [0.15, 0.2) is 23.4 Å². The number of guanidine groups is 1. The number of hydrogen-bond acceptors (Lipinski definition) is 4. The molecule has 0 amide bonds. The molecule has 0 aliphatic heterocycles. The van der Waals surface area contributed by atoms with Crippen molar-refractivity contribution >= 4 is 29.9 Å². The zero-order valence-corrected chi connectivity index (χ0v) is 20.5. The highest BCUT2D eigenvalue weighted by molar-refractivity contribution is 14.0. The topological polar surface area (TPSA) is 67.6 Å². The molecule has 166 valence electrons. The van der Waals surface area contributed by atoms with Gasteiger partial charge in [-0.25, -0.2) is 9.38 Å². The van der Waals surface area contributed by atoms with E-state index < -0.39 is 0 Å². The summed E-state index contributed by atoms with van der Waals surface area (Å²) in [6.45, 7) is 3.40. The largest absolute Gasteiger partial charge is 0.494 e. The highest BCUT2D eigenvalue weighted by atomic mass is 127. The average Bonchev–Trinajstić information content (AvgIpc) is 3.07. The van der Waals surface area contributed by atoms with Gasteiger partial charge in [-0.1, -0.05) is 36.4 Å². The van der Waals surface area contributed by atoms with Crippen molar-refractivity contribution in [2.24, 2.45) is 12.0 Å². The maximum atomic E-state index is 14.1. The number of halogens is 2. The lowest BCUT2D eigenvalue weighted by molar-refractivity contribution is 0.385. The van der Waals surface area contributed by atoms with E-state index in [1.807, 2.05) is 66.9 Å². The molecule has 7 nitrogen and oxygen atoms in total. The molecule has 0 atom stereocenters. The summed E-state index contributed by atoms with van der Waals surface area (Å²) >= 11 is 0. The smallest absolute Gasteiger partial charge is 0.194 e. The minimum absolute atomic E-state index is 0. The lowest BCUT2D eigenvalue weighted by atomic mass is 10.2. The van der Waals surface area contributed by atoms with Crippen LogP contribution in [-0.2, 0) is 26.7 Å². The fraction of sp³-hybridized carbons (Fsp3) is 0.318. The molecule has 9 heteroatoms. The summed E-state index contributed by atoms with van der Waals surface area (Å²) in [7, 11) is 5.30. The third-order valence-corrected chi connectivity index (χ3v) is 4.84. The maximum absolute atomic E-state index is 14.1. The highest BCUT2D eigenvalue weighted by Gasteiger charge is 2.12. The monoisotopic (exact) mass is 538 g/mol. The number of aliphatic imine (C=N–C) groups is 1. The maximum Gasteiger partial charge on any atom is 0.194 e. The van der Waals surface area contributed by atoms with Crippen molar-refractivity contribution in [2.45, 2.75) is 26.6 Å². The van der Waals surface area contributed by atoms with Crippen molar-refractivity contribution in [3.63, 3.8) is 0 Å². The van der Waals surface area contributed by atoms with Crippen molar-refractivity contribution in [2.75, 3.05) is 14.2 Å². The van der Waals surface area contributed by atoms with Crippen LogP contribution in [0, 0.1) is 12.7 Å². The summed E-state index contributed by atoms with van der Waals surface area (Å²) in [5.41, 5.74) is 1.93. The van der Waals surface area contributed by atoms with E-state index in [4.69, 9.17) is 9.73 Å². The lowest BCUT2D eigenvalue weighted by Crippen LogP contribution is -2.38. The molecule has 0 radical (unpaired) electrons. The van der Waals surface area contributed by atoms with Crippen LogP contribution in [0.2, 0.25) is 0 Å². The van der Waals surface area contributed by atoms with Gasteiger partial charge in [0.05, 0.1) is 20.2 Å². The van der Waals surface area contributed by atoms with Crippen molar-refractivity contribution in [3.8, 4) is 5.75 Å². The molecular weight excluding hydrogens is 510 g/mol. The fourth-order valence-corrected chi connectivity index (χ4v) is 2.98. The first-order chi connectivity index (χ1) is 14.5. The number of ether oxygens (including phenoxy) is 1. The number of benzene rings is 2. The minimum atomic E-state index is -0.381. The fourth-order valence-electron chi connectivity index (χ4n) is 2.98. The van der Waals surface area contributed by atoms with Crippen molar-refractivity contribution in [1.82, 2.24) is 25.0 Å². The van der Waals surface area contributed by atoms with E-state index >= 15 is 0 Å². The number of aromatic nitrogens is 3. The summed E-state index contributed by atoms with van der Waals surface area (Å²) in [6.07, 6.45) is 0. The molecule has 3 aromatic rings. The van der Waals surface area contributed by atoms with Gasteiger partial charge in [0.1, 0.15) is 5.82 Å². The SMILES string of the molecule is COc1ccc(CN(C)C(=NCc2ccccc2)NCc2nnc(C)n2C)cc1F.I. The first kappa shape index (κ1) is 24.6. The van der Waals surface area contributed by atoms with Crippen molar-refractivity contribution < 1.29 is 9.13 Å². The molecule has 1 N–H and O–H groups in total. The van der Waals surface area contributed by atoms with Gasteiger partial charge in [0.2, 0.25) is 0 Å². The van der Waals surface area contributed by atoms with Crippen molar-refractivity contribution in [3.05, 3.63) is 77.1 Å². The van der Waals surface area contributed by atoms with Crippen LogP contribution in [0.1, 0.15) is 22.8 Å². The molecule has 0 unspecified atom stereocenters. The molecular formula is C22H28FIN6O. The molecule has 0 aliphatic carbocycles. The molecule has 0 aliphatic rings. The van der Waals surface area contributed by atoms with Crippen LogP contribution in [0.3, 0.4) is 0 Å². The van der Waals surface area contributed by atoms with E-state index in [2.05, 4.69) is 15.5 Å². The third-order valence-electron chi connectivity index (χ3n) is 4.84. The van der Waals surface area contributed by atoms with E-state index in [0.29, 0.717) is 25.6 Å². The number of nitrogens with one attached hydrogen (secondary N) is 1. The van der Waals surface area contributed by atoms with Gasteiger partial charge in [0, 0.05) is 20.6 Å². The normalized spacial score (nSPS) is 11.1. The van der Waals surface area contributed by atoms with Crippen LogP contribution in [0.25, 0.3) is 0 Å². The Morgan fingerprint density at radius 2 is 1.90 bits per heavy atom. The van der Waals surface area contributed by atoms with Crippen LogP contribution in [-0.4, -0.2) is 39.8 Å². The van der Waals surface area contributed by atoms with E-state index in [0.717, 1.165) is 22.8 Å². The standard InChI is InChI=1S/C22H27FN6O.HI/c1-16-26-27-21(29(16)3)14-25-22(24-13-17-8-6-5-7-9-17)28(2)15-18-10-11-20(30-4)19(23)12-18;/h5-12H,13-15H2,1-4H3,(H,24,25);1H. The Morgan fingerprint density at radius 1 is 1.16 bits per heavy atom. The second-order valence-electron chi connectivity index (χ2n) is 7.03. The number of rotatable bonds is 7. The van der Waals surface area contributed by atoms with Gasteiger partial charge in [-0.05, 0) is 30.2 Å². The Hall–Kier alpha value is -2.69. The van der Waals surface area contributed by atoms with E-state index in [1.54, 1.807) is 6.07 Å². The average molecular weight is 538 g/mol. The molecule has 0 spiro atoms. The zero-order chi connectivity index (χ0) is 21.5. The molecule has 0 fully saturated rings. The van der Waals surface area contributed by atoms with Gasteiger partial charge < -0.3 is 19.5 Å². The van der Waals surface area contributed by atoms with E-state index in [9.17, 15) is 4.39 Å². The molecule has 1 heterocycles. The minimum Gasteiger partial charge on any atom is -0.494 e. The summed E-state index contributed by atoms with van der Waals surface area (Å²) < 4.78 is 21.0. The summed E-state index contributed by atoms with van der Waals surface area (Å²) in [6, 6.07) is 15.0. The molecule has 1 aromatic heterocycles. The van der Waals surface area contributed by atoms with Gasteiger partial charge in [-0.15, -0.1) is 34.2 Å². The third kappa shape index (κ3) is 6.65. The Bertz CT molecular complexity index is 1010. The Labute approximate surface area is 199 Å². The van der Waals surface area contributed by atoms with E-state index in [-0.39, 0.29) is 35.5 Å². The quantitative estimate of drug-likeness (QED) is 0.283. The first-order valence-corrected chi connectivity index (χ1v) is 9.68. The summed E-state index contributed by atoms with van der Waals surface area (Å²) in [5.74, 6) is 2.19. The van der Waals surface area contributed by atoms with Crippen LogP contribution in [0.15, 0.2) is 53.5 Å².